The Hall–Kier alpha value is -0.770. The molecule has 1 fully saturated rings. The number of β-amino-alcohol motifs (C(OH)–C–C–N with tert-alkyl or cyclic N) is 1. The third kappa shape index (κ3) is 3.67. The number of piperidine rings is 1. The van der Waals surface area contributed by atoms with Gasteiger partial charge in [-0.15, -0.1) is 0 Å². The van der Waals surface area contributed by atoms with E-state index < -0.39 is 11.2 Å². The second-order valence-corrected chi connectivity index (χ2v) is 5.58. The van der Waals surface area contributed by atoms with E-state index in [0.29, 0.717) is 19.5 Å². The standard InChI is InChI=1S/C12H23NO3/c1-5-12(15)7-6-8-13(9-12)10(14)16-11(2,3)4/h15H,5-9H2,1-4H3/t12-/m0/s1. The highest BCUT2D eigenvalue weighted by atomic mass is 16.6. The van der Waals surface area contributed by atoms with E-state index in [1.54, 1.807) is 4.90 Å². The van der Waals surface area contributed by atoms with Gasteiger partial charge >= 0.3 is 6.09 Å². The zero-order valence-corrected chi connectivity index (χ0v) is 10.7. The second-order valence-electron chi connectivity index (χ2n) is 5.58. The summed E-state index contributed by atoms with van der Waals surface area (Å²) in [6.45, 7) is 8.55. The van der Waals surface area contributed by atoms with Gasteiger partial charge in [-0.1, -0.05) is 6.92 Å². The van der Waals surface area contributed by atoms with Gasteiger partial charge < -0.3 is 14.7 Å². The summed E-state index contributed by atoms with van der Waals surface area (Å²) < 4.78 is 5.29. The van der Waals surface area contributed by atoms with Crippen molar-refractivity contribution in [3.8, 4) is 0 Å². The monoisotopic (exact) mass is 229 g/mol. The number of aliphatic hydroxyl groups is 1. The topological polar surface area (TPSA) is 49.8 Å². The van der Waals surface area contributed by atoms with Crippen LogP contribution < -0.4 is 0 Å². The van der Waals surface area contributed by atoms with Crippen LogP contribution in [0.2, 0.25) is 0 Å². The average molecular weight is 229 g/mol. The Morgan fingerprint density at radius 1 is 1.50 bits per heavy atom. The predicted molar refractivity (Wildman–Crippen MR) is 62.3 cm³/mol. The van der Waals surface area contributed by atoms with Gasteiger partial charge in [-0.3, -0.25) is 0 Å². The molecule has 1 amide bonds. The lowest BCUT2D eigenvalue weighted by atomic mass is 9.91. The number of ether oxygens (including phenoxy) is 1. The summed E-state index contributed by atoms with van der Waals surface area (Å²) in [6.07, 6.45) is 1.96. The minimum absolute atomic E-state index is 0.320. The van der Waals surface area contributed by atoms with Crippen LogP contribution in [0.5, 0.6) is 0 Å². The lowest BCUT2D eigenvalue weighted by molar-refractivity contribution is -0.0446. The molecule has 1 heterocycles. The van der Waals surface area contributed by atoms with E-state index in [2.05, 4.69) is 0 Å². The summed E-state index contributed by atoms with van der Waals surface area (Å²) in [4.78, 5) is 13.4. The number of hydrogen-bond donors (Lipinski definition) is 1. The van der Waals surface area contributed by atoms with E-state index >= 15 is 0 Å². The number of nitrogens with zero attached hydrogens (tertiary/aromatic N) is 1. The highest BCUT2D eigenvalue weighted by Crippen LogP contribution is 2.25. The van der Waals surface area contributed by atoms with Crippen LogP contribution in [0.3, 0.4) is 0 Å². The zero-order valence-electron chi connectivity index (χ0n) is 10.7. The van der Waals surface area contributed by atoms with Gasteiger partial charge in [-0.05, 0) is 40.0 Å². The molecule has 0 aromatic rings. The van der Waals surface area contributed by atoms with E-state index in [-0.39, 0.29) is 6.09 Å². The summed E-state index contributed by atoms with van der Waals surface area (Å²) >= 11 is 0. The highest BCUT2D eigenvalue weighted by Gasteiger charge is 2.35. The maximum Gasteiger partial charge on any atom is 0.410 e. The molecule has 0 spiro atoms. The number of carbonyl (C=O) groups excluding carboxylic acids is 1. The van der Waals surface area contributed by atoms with Crippen LogP contribution in [0.4, 0.5) is 4.79 Å². The lowest BCUT2D eigenvalue weighted by Gasteiger charge is -2.39. The van der Waals surface area contributed by atoms with E-state index in [1.807, 2.05) is 27.7 Å². The van der Waals surface area contributed by atoms with Gasteiger partial charge in [-0.25, -0.2) is 4.79 Å². The van der Waals surface area contributed by atoms with Crippen molar-refractivity contribution in [1.29, 1.82) is 0 Å². The number of amides is 1. The molecule has 1 atom stereocenters. The molecule has 0 bridgehead atoms. The molecule has 4 heteroatoms. The molecular formula is C12H23NO3. The van der Waals surface area contributed by atoms with Crippen LogP contribution in [-0.2, 0) is 4.74 Å². The molecule has 0 aromatic heterocycles. The second kappa shape index (κ2) is 4.62. The number of likely N-dealkylation sites (tertiary alicyclic amines) is 1. The molecule has 0 radical (unpaired) electrons. The summed E-state index contributed by atoms with van der Waals surface area (Å²) in [5, 5.41) is 10.1. The van der Waals surface area contributed by atoms with Gasteiger partial charge in [0, 0.05) is 6.54 Å². The lowest BCUT2D eigenvalue weighted by Crippen LogP contribution is -2.51. The first kappa shape index (κ1) is 13.3. The third-order valence-electron chi connectivity index (χ3n) is 2.87. The minimum atomic E-state index is -0.727. The van der Waals surface area contributed by atoms with Crippen LogP contribution in [0, 0.1) is 0 Å². The van der Waals surface area contributed by atoms with Gasteiger partial charge in [0.1, 0.15) is 5.60 Å². The Bertz CT molecular complexity index is 259. The molecule has 4 nitrogen and oxygen atoms in total. The van der Waals surface area contributed by atoms with Crippen molar-refractivity contribution >= 4 is 6.09 Å². The first-order valence-electron chi connectivity index (χ1n) is 5.96. The fraction of sp³-hybridized carbons (Fsp3) is 0.917. The van der Waals surface area contributed by atoms with E-state index in [4.69, 9.17) is 4.74 Å². The first-order chi connectivity index (χ1) is 7.26. The molecule has 1 aliphatic heterocycles. The Morgan fingerprint density at radius 2 is 2.12 bits per heavy atom. The molecule has 1 saturated heterocycles. The average Bonchev–Trinajstić information content (AvgIpc) is 2.15. The molecule has 1 N–H and O–H groups in total. The summed E-state index contributed by atoms with van der Waals surface area (Å²) in [5.74, 6) is 0. The Kier molecular flexibility index (Phi) is 3.84. The van der Waals surface area contributed by atoms with Crippen LogP contribution in [0.15, 0.2) is 0 Å². The highest BCUT2D eigenvalue weighted by molar-refractivity contribution is 5.68. The SMILES string of the molecule is CC[C@]1(O)CCCN(C(=O)OC(C)(C)C)C1. The fourth-order valence-corrected chi connectivity index (χ4v) is 1.88. The van der Waals surface area contributed by atoms with Crippen molar-refractivity contribution in [2.75, 3.05) is 13.1 Å². The van der Waals surface area contributed by atoms with Crippen LogP contribution >= 0.6 is 0 Å². The smallest absolute Gasteiger partial charge is 0.410 e. The van der Waals surface area contributed by atoms with Crippen LogP contribution in [0.1, 0.15) is 47.0 Å². The third-order valence-corrected chi connectivity index (χ3v) is 2.87. The van der Waals surface area contributed by atoms with Gasteiger partial charge in [0.05, 0.1) is 12.1 Å². The Balaban J connectivity index is 2.57. The molecular weight excluding hydrogens is 206 g/mol. The van der Waals surface area contributed by atoms with Gasteiger partial charge in [0.15, 0.2) is 0 Å². The van der Waals surface area contributed by atoms with Crippen LogP contribution in [-0.4, -0.2) is 40.4 Å². The van der Waals surface area contributed by atoms with E-state index in [9.17, 15) is 9.90 Å². The maximum atomic E-state index is 11.8. The van der Waals surface area contributed by atoms with E-state index in [1.165, 1.54) is 0 Å². The van der Waals surface area contributed by atoms with Crippen LogP contribution in [0.25, 0.3) is 0 Å². The molecule has 0 aliphatic carbocycles. The Morgan fingerprint density at radius 3 is 2.62 bits per heavy atom. The van der Waals surface area contributed by atoms with Gasteiger partial charge in [0.25, 0.3) is 0 Å². The van der Waals surface area contributed by atoms with E-state index in [0.717, 1.165) is 12.8 Å². The van der Waals surface area contributed by atoms with Gasteiger partial charge in [0.2, 0.25) is 0 Å². The number of rotatable bonds is 1. The predicted octanol–water partition coefficient (Wildman–Crippen LogP) is 2.16. The summed E-state index contributed by atoms with van der Waals surface area (Å²) in [7, 11) is 0. The number of carbonyl (C=O) groups is 1. The molecule has 16 heavy (non-hydrogen) atoms. The van der Waals surface area contributed by atoms with Crippen molar-refractivity contribution in [3.05, 3.63) is 0 Å². The molecule has 0 unspecified atom stereocenters. The number of hydrogen-bond acceptors (Lipinski definition) is 3. The van der Waals surface area contributed by atoms with Crippen molar-refractivity contribution in [2.24, 2.45) is 0 Å². The normalized spacial score (nSPS) is 26.7. The van der Waals surface area contributed by atoms with Crippen molar-refractivity contribution in [1.82, 2.24) is 4.90 Å². The maximum absolute atomic E-state index is 11.8. The van der Waals surface area contributed by atoms with Crippen molar-refractivity contribution in [2.45, 2.75) is 58.2 Å². The Labute approximate surface area is 97.6 Å². The fourth-order valence-electron chi connectivity index (χ4n) is 1.88. The molecule has 1 rings (SSSR count). The van der Waals surface area contributed by atoms with Crippen molar-refractivity contribution < 1.29 is 14.6 Å². The summed E-state index contributed by atoms with van der Waals surface area (Å²) in [5.41, 5.74) is -1.20. The van der Waals surface area contributed by atoms with Crippen molar-refractivity contribution in [3.63, 3.8) is 0 Å². The first-order valence-corrected chi connectivity index (χ1v) is 5.96. The quantitative estimate of drug-likeness (QED) is 0.749. The molecule has 94 valence electrons. The molecule has 0 aromatic carbocycles. The van der Waals surface area contributed by atoms with Gasteiger partial charge in [-0.2, -0.15) is 0 Å². The zero-order chi connectivity index (χ0) is 12.4. The summed E-state index contributed by atoms with van der Waals surface area (Å²) in [6, 6.07) is 0. The minimum Gasteiger partial charge on any atom is -0.444 e. The molecule has 1 aliphatic rings. The largest absolute Gasteiger partial charge is 0.444 e. The molecule has 0 saturated carbocycles.